The molecule has 0 aliphatic heterocycles. The van der Waals surface area contributed by atoms with Crippen LogP contribution in [-0.2, 0) is 9.53 Å². The first kappa shape index (κ1) is 14.5. The minimum Gasteiger partial charge on any atom is -0.491 e. The number of primary amides is 1. The van der Waals surface area contributed by atoms with Crippen LogP contribution in [0.2, 0.25) is 0 Å². The number of benzene rings is 1. The quantitative estimate of drug-likeness (QED) is 0.662. The SMILES string of the molecule is CNC(C)(COCCOc1ccccc1)C(N)=O. The Morgan fingerprint density at radius 2 is 2.00 bits per heavy atom. The van der Waals surface area contributed by atoms with Crippen molar-refractivity contribution in [1.82, 2.24) is 5.32 Å². The van der Waals surface area contributed by atoms with Gasteiger partial charge in [-0.05, 0) is 26.1 Å². The number of nitrogens with two attached hydrogens (primary N) is 1. The molecular formula is C13H20N2O3. The lowest BCUT2D eigenvalue weighted by atomic mass is 10.0. The minimum atomic E-state index is -0.841. The summed E-state index contributed by atoms with van der Waals surface area (Å²) in [4.78, 5) is 11.2. The van der Waals surface area contributed by atoms with Crippen molar-refractivity contribution in [3.63, 3.8) is 0 Å². The highest BCUT2D eigenvalue weighted by molar-refractivity contribution is 5.84. The van der Waals surface area contributed by atoms with Gasteiger partial charge >= 0.3 is 0 Å². The maximum Gasteiger partial charge on any atom is 0.239 e. The summed E-state index contributed by atoms with van der Waals surface area (Å²) >= 11 is 0. The number of ether oxygens (including phenoxy) is 2. The van der Waals surface area contributed by atoms with Crippen molar-refractivity contribution in [3.05, 3.63) is 30.3 Å². The number of likely N-dealkylation sites (N-methyl/N-ethyl adjacent to an activating group) is 1. The minimum absolute atomic E-state index is 0.219. The number of amides is 1. The molecule has 0 spiro atoms. The third-order valence-corrected chi connectivity index (χ3v) is 2.73. The number of para-hydroxylation sites is 1. The second kappa shape index (κ2) is 6.98. The molecule has 0 heterocycles. The van der Waals surface area contributed by atoms with Gasteiger partial charge in [0, 0.05) is 0 Å². The molecule has 0 aromatic heterocycles. The predicted octanol–water partition coefficient (Wildman–Crippen LogP) is 0.545. The maximum atomic E-state index is 11.2. The van der Waals surface area contributed by atoms with Gasteiger partial charge in [-0.3, -0.25) is 4.79 Å². The van der Waals surface area contributed by atoms with Crippen LogP contribution in [-0.4, -0.2) is 38.3 Å². The summed E-state index contributed by atoms with van der Waals surface area (Å²) in [6.45, 7) is 2.76. The smallest absolute Gasteiger partial charge is 0.239 e. The van der Waals surface area contributed by atoms with Crippen LogP contribution >= 0.6 is 0 Å². The van der Waals surface area contributed by atoms with Crippen molar-refractivity contribution in [2.75, 3.05) is 26.9 Å². The van der Waals surface area contributed by atoms with E-state index in [1.165, 1.54) is 0 Å². The van der Waals surface area contributed by atoms with Crippen LogP contribution < -0.4 is 15.8 Å². The zero-order valence-electron chi connectivity index (χ0n) is 10.8. The number of rotatable bonds is 8. The standard InChI is InChI=1S/C13H20N2O3/c1-13(15-2,12(14)16)10-17-8-9-18-11-6-4-3-5-7-11/h3-7,15H,8-10H2,1-2H3,(H2,14,16). The molecule has 1 rings (SSSR count). The number of hydrogen-bond acceptors (Lipinski definition) is 4. The Balaban J connectivity index is 2.21. The first-order valence-electron chi connectivity index (χ1n) is 5.83. The van der Waals surface area contributed by atoms with E-state index < -0.39 is 11.4 Å². The van der Waals surface area contributed by atoms with Crippen LogP contribution in [0, 0.1) is 0 Å². The van der Waals surface area contributed by atoms with E-state index in [2.05, 4.69) is 5.32 Å². The van der Waals surface area contributed by atoms with Crippen molar-refractivity contribution < 1.29 is 14.3 Å². The fraction of sp³-hybridized carbons (Fsp3) is 0.462. The third-order valence-electron chi connectivity index (χ3n) is 2.73. The number of carbonyl (C=O) groups is 1. The van der Waals surface area contributed by atoms with Crippen molar-refractivity contribution in [2.24, 2.45) is 5.73 Å². The van der Waals surface area contributed by atoms with Gasteiger partial charge in [0.15, 0.2) is 0 Å². The predicted molar refractivity (Wildman–Crippen MR) is 69.4 cm³/mol. The highest BCUT2D eigenvalue weighted by Gasteiger charge is 2.29. The van der Waals surface area contributed by atoms with Crippen molar-refractivity contribution >= 4 is 5.91 Å². The Morgan fingerprint density at radius 3 is 2.56 bits per heavy atom. The van der Waals surface area contributed by atoms with Gasteiger partial charge < -0.3 is 20.5 Å². The Morgan fingerprint density at radius 1 is 1.33 bits per heavy atom. The van der Waals surface area contributed by atoms with E-state index in [1.54, 1.807) is 14.0 Å². The Hall–Kier alpha value is -1.59. The van der Waals surface area contributed by atoms with Gasteiger partial charge in [0.25, 0.3) is 0 Å². The normalized spacial score (nSPS) is 13.9. The first-order chi connectivity index (χ1) is 8.58. The number of carbonyl (C=O) groups excluding carboxylic acids is 1. The molecule has 1 atom stereocenters. The molecule has 5 nitrogen and oxygen atoms in total. The van der Waals surface area contributed by atoms with Gasteiger partial charge in [-0.2, -0.15) is 0 Å². The van der Waals surface area contributed by atoms with Gasteiger partial charge in [-0.15, -0.1) is 0 Å². The molecule has 18 heavy (non-hydrogen) atoms. The van der Waals surface area contributed by atoms with Crippen LogP contribution in [0.25, 0.3) is 0 Å². The number of hydrogen-bond donors (Lipinski definition) is 2. The molecule has 0 aliphatic rings. The van der Waals surface area contributed by atoms with Crippen molar-refractivity contribution in [1.29, 1.82) is 0 Å². The summed E-state index contributed by atoms with van der Waals surface area (Å²) in [6, 6.07) is 9.49. The highest BCUT2D eigenvalue weighted by atomic mass is 16.5. The van der Waals surface area contributed by atoms with E-state index in [4.69, 9.17) is 15.2 Å². The monoisotopic (exact) mass is 252 g/mol. The molecule has 100 valence electrons. The molecule has 1 aromatic carbocycles. The zero-order chi connectivity index (χ0) is 13.4. The molecule has 5 heteroatoms. The van der Waals surface area contributed by atoms with Crippen molar-refractivity contribution in [2.45, 2.75) is 12.5 Å². The number of nitrogens with one attached hydrogen (secondary N) is 1. The third kappa shape index (κ3) is 4.35. The van der Waals surface area contributed by atoms with Gasteiger partial charge in [0.05, 0.1) is 13.2 Å². The van der Waals surface area contributed by atoms with Crippen molar-refractivity contribution in [3.8, 4) is 5.75 Å². The van der Waals surface area contributed by atoms with Gasteiger partial charge in [0.2, 0.25) is 5.91 Å². The average Bonchev–Trinajstić information content (AvgIpc) is 2.39. The van der Waals surface area contributed by atoms with Gasteiger partial charge in [0.1, 0.15) is 17.9 Å². The molecule has 3 N–H and O–H groups in total. The molecule has 0 fully saturated rings. The van der Waals surface area contributed by atoms with Crippen LogP contribution in [0.5, 0.6) is 5.75 Å². The summed E-state index contributed by atoms with van der Waals surface area (Å²) in [7, 11) is 1.68. The maximum absolute atomic E-state index is 11.2. The summed E-state index contributed by atoms with van der Waals surface area (Å²) in [6.07, 6.45) is 0. The van der Waals surface area contributed by atoms with Crippen LogP contribution in [0.4, 0.5) is 0 Å². The second-order valence-corrected chi connectivity index (χ2v) is 4.16. The topological polar surface area (TPSA) is 73.6 Å². The molecular weight excluding hydrogens is 232 g/mol. The van der Waals surface area contributed by atoms with E-state index in [-0.39, 0.29) is 6.61 Å². The fourth-order valence-electron chi connectivity index (χ4n) is 1.28. The van der Waals surface area contributed by atoms with E-state index in [9.17, 15) is 4.79 Å². The molecule has 0 aliphatic carbocycles. The highest BCUT2D eigenvalue weighted by Crippen LogP contribution is 2.08. The summed E-state index contributed by atoms with van der Waals surface area (Å²) in [5.41, 5.74) is 4.43. The molecule has 0 saturated carbocycles. The van der Waals surface area contributed by atoms with Gasteiger partial charge in [-0.25, -0.2) is 0 Å². The fourth-order valence-corrected chi connectivity index (χ4v) is 1.28. The molecule has 1 aromatic rings. The lowest BCUT2D eigenvalue weighted by Crippen LogP contribution is -2.55. The first-order valence-corrected chi connectivity index (χ1v) is 5.83. The molecule has 0 saturated heterocycles. The average molecular weight is 252 g/mol. The Labute approximate surface area is 107 Å². The largest absolute Gasteiger partial charge is 0.491 e. The summed E-state index contributed by atoms with van der Waals surface area (Å²) in [5.74, 6) is 0.362. The van der Waals surface area contributed by atoms with E-state index in [1.807, 2.05) is 30.3 Å². The molecule has 0 bridgehead atoms. The van der Waals surface area contributed by atoms with Crippen LogP contribution in [0.15, 0.2) is 30.3 Å². The summed E-state index contributed by atoms with van der Waals surface area (Å²) < 4.78 is 10.8. The molecule has 0 radical (unpaired) electrons. The Kier molecular flexibility index (Phi) is 5.61. The Bertz CT molecular complexity index is 370. The lowest BCUT2D eigenvalue weighted by molar-refractivity contribution is -0.126. The second-order valence-electron chi connectivity index (χ2n) is 4.16. The van der Waals surface area contributed by atoms with Gasteiger partial charge in [-0.1, -0.05) is 18.2 Å². The van der Waals surface area contributed by atoms with E-state index >= 15 is 0 Å². The van der Waals surface area contributed by atoms with E-state index in [0.29, 0.717) is 13.2 Å². The molecule has 1 unspecified atom stereocenters. The lowest BCUT2D eigenvalue weighted by Gasteiger charge is -2.24. The zero-order valence-corrected chi connectivity index (χ0v) is 10.8. The van der Waals surface area contributed by atoms with Crippen LogP contribution in [0.1, 0.15) is 6.92 Å². The summed E-state index contributed by atoms with van der Waals surface area (Å²) in [5, 5.41) is 2.85. The van der Waals surface area contributed by atoms with E-state index in [0.717, 1.165) is 5.75 Å². The molecule has 1 amide bonds. The van der Waals surface area contributed by atoms with Crippen LogP contribution in [0.3, 0.4) is 0 Å².